The van der Waals surface area contributed by atoms with E-state index >= 15 is 0 Å². The molecule has 4 saturated carbocycles. The smallest absolute Gasteiger partial charge is 0.302 e. The quantitative estimate of drug-likeness (QED) is 0.475. The van der Waals surface area contributed by atoms with E-state index in [1.807, 2.05) is 6.92 Å². The Hall–Kier alpha value is -1.23. The number of aliphatic hydroxyl groups excluding tert-OH is 1. The maximum absolute atomic E-state index is 12.7. The van der Waals surface area contributed by atoms with E-state index in [1.54, 1.807) is 0 Å². The summed E-state index contributed by atoms with van der Waals surface area (Å²) in [6.45, 7) is 14.5. The molecule has 33 heavy (non-hydrogen) atoms. The monoisotopic (exact) mass is 460 g/mol. The van der Waals surface area contributed by atoms with Crippen LogP contribution in [0.3, 0.4) is 0 Å². The van der Waals surface area contributed by atoms with Gasteiger partial charge in [0.05, 0.1) is 12.0 Å². The van der Waals surface area contributed by atoms with E-state index in [0.29, 0.717) is 24.7 Å². The minimum absolute atomic E-state index is 0.0108. The standard InChI is InChI=1S/C28H44O5/c1-16(30)24-18(15-29)28(7)22(13-19(24)33-17(2)31)27(6)12-9-20-25(3,4)10-8-11-26(20,5)21(27)14-23(28)32/h15,18-24,32H,8-14H2,1-7H3/t18-,19+,20-,21+,22-,23-,24-,26-,27+,28+/m0/s1. The lowest BCUT2D eigenvalue weighted by molar-refractivity contribution is -0.258. The molecule has 0 aromatic carbocycles. The number of ketones is 1. The first-order chi connectivity index (χ1) is 15.2. The van der Waals surface area contributed by atoms with Gasteiger partial charge in [0.1, 0.15) is 18.2 Å². The molecular formula is C28H44O5. The number of aldehydes is 1. The predicted molar refractivity (Wildman–Crippen MR) is 126 cm³/mol. The molecule has 4 aliphatic rings. The van der Waals surface area contributed by atoms with E-state index in [-0.39, 0.29) is 27.9 Å². The van der Waals surface area contributed by atoms with Crippen LogP contribution in [0.4, 0.5) is 0 Å². The summed E-state index contributed by atoms with van der Waals surface area (Å²) >= 11 is 0. The van der Waals surface area contributed by atoms with Gasteiger partial charge in [-0.3, -0.25) is 9.59 Å². The number of Topliss-reactive ketones (excluding diaryl/α,β-unsaturated/α-hetero) is 1. The van der Waals surface area contributed by atoms with Gasteiger partial charge >= 0.3 is 5.97 Å². The third-order valence-electron chi connectivity index (χ3n) is 11.5. The number of hydrogen-bond donors (Lipinski definition) is 1. The molecule has 4 aliphatic carbocycles. The van der Waals surface area contributed by atoms with Crippen LogP contribution >= 0.6 is 0 Å². The van der Waals surface area contributed by atoms with Crippen LogP contribution in [-0.4, -0.2) is 35.4 Å². The van der Waals surface area contributed by atoms with Crippen molar-refractivity contribution in [1.82, 2.24) is 0 Å². The summed E-state index contributed by atoms with van der Waals surface area (Å²) in [6, 6.07) is 0. The van der Waals surface area contributed by atoms with Crippen molar-refractivity contribution < 1.29 is 24.2 Å². The summed E-state index contributed by atoms with van der Waals surface area (Å²) in [6.07, 6.45) is 6.68. The molecule has 5 heteroatoms. The number of aliphatic hydroxyl groups is 1. The van der Waals surface area contributed by atoms with Gasteiger partial charge in [-0.1, -0.05) is 41.0 Å². The van der Waals surface area contributed by atoms with Gasteiger partial charge < -0.3 is 14.6 Å². The molecule has 4 fully saturated rings. The molecular weight excluding hydrogens is 416 g/mol. The first-order valence-electron chi connectivity index (χ1n) is 13.0. The number of fused-ring (bicyclic) bond motifs is 5. The van der Waals surface area contributed by atoms with Crippen molar-refractivity contribution in [3.05, 3.63) is 0 Å². The fraction of sp³-hybridized carbons (Fsp3) is 0.893. The van der Waals surface area contributed by atoms with Crippen LogP contribution in [0.25, 0.3) is 0 Å². The summed E-state index contributed by atoms with van der Waals surface area (Å²) in [5, 5.41) is 11.7. The maximum atomic E-state index is 12.7. The van der Waals surface area contributed by atoms with Crippen LogP contribution in [0.1, 0.15) is 93.4 Å². The van der Waals surface area contributed by atoms with Crippen LogP contribution in [-0.2, 0) is 19.1 Å². The van der Waals surface area contributed by atoms with Crippen LogP contribution in [0, 0.1) is 51.2 Å². The Morgan fingerprint density at radius 1 is 0.909 bits per heavy atom. The van der Waals surface area contributed by atoms with E-state index in [9.17, 15) is 19.5 Å². The lowest BCUT2D eigenvalue weighted by Crippen LogP contribution is -2.69. The van der Waals surface area contributed by atoms with Crippen LogP contribution < -0.4 is 0 Å². The summed E-state index contributed by atoms with van der Waals surface area (Å²) in [5.41, 5.74) is -0.346. The summed E-state index contributed by atoms with van der Waals surface area (Å²) in [5.74, 6) is -0.924. The van der Waals surface area contributed by atoms with Gasteiger partial charge in [0.25, 0.3) is 0 Å². The fourth-order valence-corrected chi connectivity index (χ4v) is 10.1. The molecule has 0 unspecified atom stereocenters. The predicted octanol–water partition coefficient (Wildman–Crippen LogP) is 4.98. The summed E-state index contributed by atoms with van der Waals surface area (Å²) in [7, 11) is 0. The van der Waals surface area contributed by atoms with E-state index in [0.717, 1.165) is 19.1 Å². The normalized spacial score (nSPS) is 50.8. The molecule has 1 N–H and O–H groups in total. The Labute approximate surface area is 199 Å². The second-order valence-corrected chi connectivity index (χ2v) is 13.3. The number of carbonyl (C=O) groups excluding carboxylic acids is 3. The van der Waals surface area contributed by atoms with Crippen LogP contribution in [0.2, 0.25) is 0 Å². The lowest BCUT2D eigenvalue weighted by Gasteiger charge is -2.71. The maximum Gasteiger partial charge on any atom is 0.302 e. The average Bonchev–Trinajstić information content (AvgIpc) is 2.69. The van der Waals surface area contributed by atoms with Gasteiger partial charge in [-0.15, -0.1) is 0 Å². The molecule has 0 bridgehead atoms. The van der Waals surface area contributed by atoms with Crippen LogP contribution in [0.5, 0.6) is 0 Å². The molecule has 0 aliphatic heterocycles. The van der Waals surface area contributed by atoms with Gasteiger partial charge in [0.2, 0.25) is 0 Å². The summed E-state index contributed by atoms with van der Waals surface area (Å²) < 4.78 is 5.72. The molecule has 10 atom stereocenters. The minimum atomic E-state index is -0.701. The molecule has 186 valence electrons. The second kappa shape index (κ2) is 7.90. The second-order valence-electron chi connectivity index (χ2n) is 13.3. The van der Waals surface area contributed by atoms with Gasteiger partial charge in [-0.05, 0) is 79.4 Å². The molecule has 0 aromatic heterocycles. The molecule has 0 radical (unpaired) electrons. The van der Waals surface area contributed by atoms with E-state index in [4.69, 9.17) is 4.74 Å². The zero-order chi connectivity index (χ0) is 24.6. The number of esters is 1. The minimum Gasteiger partial charge on any atom is -0.462 e. The molecule has 5 nitrogen and oxygen atoms in total. The highest BCUT2D eigenvalue weighted by molar-refractivity contribution is 5.83. The molecule has 0 heterocycles. The Morgan fingerprint density at radius 2 is 1.55 bits per heavy atom. The number of rotatable bonds is 3. The molecule has 0 saturated heterocycles. The third-order valence-corrected chi connectivity index (χ3v) is 11.5. The van der Waals surface area contributed by atoms with Crippen molar-refractivity contribution in [3.63, 3.8) is 0 Å². The van der Waals surface area contributed by atoms with Gasteiger partial charge in [0.15, 0.2) is 0 Å². The highest BCUT2D eigenvalue weighted by atomic mass is 16.5. The Balaban J connectivity index is 1.82. The summed E-state index contributed by atoms with van der Waals surface area (Å²) in [4.78, 5) is 37.3. The topological polar surface area (TPSA) is 80.7 Å². The third kappa shape index (κ3) is 3.38. The highest BCUT2D eigenvalue weighted by Gasteiger charge is 2.70. The first kappa shape index (κ1) is 24.9. The number of carbonyl (C=O) groups is 3. The average molecular weight is 461 g/mol. The molecule has 0 amide bonds. The van der Waals surface area contributed by atoms with E-state index < -0.39 is 35.4 Å². The zero-order valence-corrected chi connectivity index (χ0v) is 21.6. The van der Waals surface area contributed by atoms with Crippen LogP contribution in [0.15, 0.2) is 0 Å². The Kier molecular flexibility index (Phi) is 5.95. The van der Waals surface area contributed by atoms with E-state index in [2.05, 4.69) is 27.7 Å². The van der Waals surface area contributed by atoms with E-state index in [1.165, 1.54) is 33.1 Å². The van der Waals surface area contributed by atoms with Gasteiger partial charge in [-0.25, -0.2) is 0 Å². The number of hydrogen-bond acceptors (Lipinski definition) is 5. The SMILES string of the molecule is CC(=O)O[C@@H]1C[C@H]2[C@]3(C)CC[C@H]4C(C)(C)CCC[C@]4(C)[C@H]3C[C@H](O)[C@]2(C)[C@@H](C=O)[C@@H]1C(C)=O. The Bertz CT molecular complexity index is 834. The number of ether oxygens (including phenoxy) is 1. The first-order valence-corrected chi connectivity index (χ1v) is 13.0. The van der Waals surface area contributed by atoms with Gasteiger partial charge in [-0.2, -0.15) is 0 Å². The van der Waals surface area contributed by atoms with Crippen molar-refractivity contribution in [3.8, 4) is 0 Å². The molecule has 0 spiro atoms. The van der Waals surface area contributed by atoms with Crippen molar-refractivity contribution in [1.29, 1.82) is 0 Å². The van der Waals surface area contributed by atoms with Crippen molar-refractivity contribution in [2.75, 3.05) is 0 Å². The van der Waals surface area contributed by atoms with Gasteiger partial charge in [0, 0.05) is 18.3 Å². The largest absolute Gasteiger partial charge is 0.462 e. The van der Waals surface area contributed by atoms with Crippen molar-refractivity contribution >= 4 is 18.0 Å². The zero-order valence-electron chi connectivity index (χ0n) is 21.6. The lowest BCUT2D eigenvalue weighted by atomic mass is 9.34. The molecule has 4 rings (SSSR count). The molecule has 0 aromatic rings. The highest BCUT2D eigenvalue weighted by Crippen LogP contribution is 2.73. The Morgan fingerprint density at radius 3 is 2.12 bits per heavy atom. The van der Waals surface area contributed by atoms with Crippen molar-refractivity contribution in [2.24, 2.45) is 51.2 Å². The van der Waals surface area contributed by atoms with Crippen molar-refractivity contribution in [2.45, 2.75) is 106 Å². The fourth-order valence-electron chi connectivity index (χ4n) is 10.1.